The second-order valence-corrected chi connectivity index (χ2v) is 3.04. The molecule has 0 amide bonds. The van der Waals surface area contributed by atoms with Crippen molar-refractivity contribution in [1.82, 2.24) is 0 Å². The standard InChI is InChI=1S/C10H12F2O/c1-2-10(13)5-7-3-8(11)6-9(12)4-7/h3-4,6,10,13H,2,5H2,1H3. The third-order valence-electron chi connectivity index (χ3n) is 1.86. The summed E-state index contributed by atoms with van der Waals surface area (Å²) >= 11 is 0. The Hall–Kier alpha value is -0.960. The van der Waals surface area contributed by atoms with Crippen molar-refractivity contribution in [2.45, 2.75) is 25.9 Å². The topological polar surface area (TPSA) is 20.2 Å². The first-order valence-electron chi connectivity index (χ1n) is 4.25. The van der Waals surface area contributed by atoms with Crippen molar-refractivity contribution < 1.29 is 13.9 Å². The number of hydrogen-bond acceptors (Lipinski definition) is 1. The third-order valence-corrected chi connectivity index (χ3v) is 1.86. The van der Waals surface area contributed by atoms with Crippen molar-refractivity contribution in [2.75, 3.05) is 0 Å². The van der Waals surface area contributed by atoms with Crippen molar-refractivity contribution in [1.29, 1.82) is 0 Å². The van der Waals surface area contributed by atoms with Crippen LogP contribution < -0.4 is 0 Å². The van der Waals surface area contributed by atoms with Gasteiger partial charge in [0.1, 0.15) is 11.6 Å². The van der Waals surface area contributed by atoms with E-state index in [1.807, 2.05) is 6.92 Å². The Kier molecular flexibility index (Phi) is 3.37. The second kappa shape index (κ2) is 4.33. The lowest BCUT2D eigenvalue weighted by atomic mass is 10.1. The fraction of sp³-hybridized carbons (Fsp3) is 0.400. The normalized spacial score (nSPS) is 12.9. The summed E-state index contributed by atoms with van der Waals surface area (Å²) in [6.45, 7) is 1.82. The first-order chi connectivity index (χ1) is 6.11. The van der Waals surface area contributed by atoms with Crippen molar-refractivity contribution >= 4 is 0 Å². The number of aliphatic hydroxyl groups excluding tert-OH is 1. The fourth-order valence-corrected chi connectivity index (χ4v) is 1.15. The molecule has 0 aliphatic heterocycles. The van der Waals surface area contributed by atoms with E-state index < -0.39 is 17.7 Å². The molecule has 3 heteroatoms. The van der Waals surface area contributed by atoms with E-state index in [2.05, 4.69) is 0 Å². The molecule has 0 saturated carbocycles. The minimum Gasteiger partial charge on any atom is -0.393 e. The van der Waals surface area contributed by atoms with Crippen LogP contribution in [0.3, 0.4) is 0 Å². The zero-order valence-electron chi connectivity index (χ0n) is 7.43. The summed E-state index contributed by atoms with van der Waals surface area (Å²) in [6, 6.07) is 3.30. The molecule has 1 atom stereocenters. The molecule has 0 aliphatic carbocycles. The molecule has 1 rings (SSSR count). The predicted molar refractivity (Wildman–Crippen MR) is 46.4 cm³/mol. The average molecular weight is 186 g/mol. The van der Waals surface area contributed by atoms with Crippen LogP contribution in [0.1, 0.15) is 18.9 Å². The molecular formula is C10H12F2O. The lowest BCUT2D eigenvalue weighted by Gasteiger charge is -2.07. The Bertz CT molecular complexity index is 266. The average Bonchev–Trinajstić information content (AvgIpc) is 2.02. The molecule has 0 radical (unpaired) electrons. The van der Waals surface area contributed by atoms with E-state index in [1.54, 1.807) is 0 Å². The molecule has 0 bridgehead atoms. The lowest BCUT2D eigenvalue weighted by Crippen LogP contribution is -2.08. The maximum atomic E-state index is 12.7. The largest absolute Gasteiger partial charge is 0.393 e. The van der Waals surface area contributed by atoms with Crippen LogP contribution in [0.25, 0.3) is 0 Å². The Labute approximate surface area is 76.0 Å². The van der Waals surface area contributed by atoms with Crippen molar-refractivity contribution in [3.8, 4) is 0 Å². The van der Waals surface area contributed by atoms with Crippen molar-refractivity contribution in [2.24, 2.45) is 0 Å². The molecule has 1 aromatic carbocycles. The van der Waals surface area contributed by atoms with Gasteiger partial charge in [-0.1, -0.05) is 6.92 Å². The Morgan fingerprint density at radius 2 is 1.77 bits per heavy atom. The van der Waals surface area contributed by atoms with Crippen LogP contribution in [0, 0.1) is 11.6 Å². The highest BCUT2D eigenvalue weighted by atomic mass is 19.1. The lowest BCUT2D eigenvalue weighted by molar-refractivity contribution is 0.170. The molecule has 1 aromatic rings. The van der Waals surface area contributed by atoms with Gasteiger partial charge in [0.05, 0.1) is 6.10 Å². The first-order valence-corrected chi connectivity index (χ1v) is 4.25. The van der Waals surface area contributed by atoms with Crippen LogP contribution in [-0.4, -0.2) is 11.2 Å². The molecular weight excluding hydrogens is 174 g/mol. The summed E-state index contributed by atoms with van der Waals surface area (Å²) in [5, 5.41) is 9.25. The van der Waals surface area contributed by atoms with Gasteiger partial charge in [-0.3, -0.25) is 0 Å². The predicted octanol–water partition coefficient (Wildman–Crippen LogP) is 2.28. The molecule has 0 fully saturated rings. The fourth-order valence-electron chi connectivity index (χ4n) is 1.15. The number of hydrogen-bond donors (Lipinski definition) is 1. The highest BCUT2D eigenvalue weighted by molar-refractivity contribution is 5.18. The summed E-state index contributed by atoms with van der Waals surface area (Å²) in [4.78, 5) is 0. The Morgan fingerprint density at radius 1 is 1.23 bits per heavy atom. The van der Waals surface area contributed by atoms with Gasteiger partial charge in [0.15, 0.2) is 0 Å². The second-order valence-electron chi connectivity index (χ2n) is 3.04. The minimum atomic E-state index is -0.599. The third kappa shape index (κ3) is 3.11. The van der Waals surface area contributed by atoms with Gasteiger partial charge >= 0.3 is 0 Å². The zero-order chi connectivity index (χ0) is 9.84. The van der Waals surface area contributed by atoms with Gasteiger partial charge in [0, 0.05) is 6.07 Å². The first kappa shape index (κ1) is 10.1. The summed E-state index contributed by atoms with van der Waals surface area (Å²) < 4.78 is 25.3. The molecule has 1 unspecified atom stereocenters. The van der Waals surface area contributed by atoms with Crippen LogP contribution in [0.15, 0.2) is 18.2 Å². The van der Waals surface area contributed by atoms with Crippen LogP contribution in [0.2, 0.25) is 0 Å². The number of benzene rings is 1. The number of halogens is 2. The molecule has 1 nitrogen and oxygen atoms in total. The maximum Gasteiger partial charge on any atom is 0.126 e. The number of aliphatic hydroxyl groups is 1. The SMILES string of the molecule is CCC(O)Cc1cc(F)cc(F)c1. The van der Waals surface area contributed by atoms with E-state index in [9.17, 15) is 13.9 Å². The molecule has 0 aromatic heterocycles. The molecule has 1 N–H and O–H groups in total. The summed E-state index contributed by atoms with van der Waals surface area (Å²) in [7, 11) is 0. The van der Waals surface area contributed by atoms with E-state index in [1.165, 1.54) is 12.1 Å². The summed E-state index contributed by atoms with van der Waals surface area (Å²) in [6.07, 6.45) is 0.352. The smallest absolute Gasteiger partial charge is 0.126 e. The van der Waals surface area contributed by atoms with Gasteiger partial charge in [-0.2, -0.15) is 0 Å². The van der Waals surface area contributed by atoms with Gasteiger partial charge in [0.2, 0.25) is 0 Å². The monoisotopic (exact) mass is 186 g/mol. The summed E-state index contributed by atoms with van der Waals surface area (Å²) in [5.41, 5.74) is 0.492. The van der Waals surface area contributed by atoms with Crippen LogP contribution in [-0.2, 0) is 6.42 Å². The van der Waals surface area contributed by atoms with E-state index in [0.29, 0.717) is 18.4 Å². The maximum absolute atomic E-state index is 12.7. The van der Waals surface area contributed by atoms with E-state index in [0.717, 1.165) is 6.07 Å². The molecule has 72 valence electrons. The van der Waals surface area contributed by atoms with Gasteiger partial charge < -0.3 is 5.11 Å². The van der Waals surface area contributed by atoms with Crippen LogP contribution >= 0.6 is 0 Å². The number of rotatable bonds is 3. The molecule has 0 aliphatic rings. The zero-order valence-corrected chi connectivity index (χ0v) is 7.43. The highest BCUT2D eigenvalue weighted by Gasteiger charge is 2.05. The molecule has 0 spiro atoms. The van der Waals surface area contributed by atoms with Crippen molar-refractivity contribution in [3.63, 3.8) is 0 Å². The highest BCUT2D eigenvalue weighted by Crippen LogP contribution is 2.10. The quantitative estimate of drug-likeness (QED) is 0.767. The van der Waals surface area contributed by atoms with Crippen LogP contribution in [0.5, 0.6) is 0 Å². The van der Waals surface area contributed by atoms with E-state index in [4.69, 9.17) is 0 Å². The molecule has 0 heterocycles. The minimum absolute atomic E-state index is 0.297. The van der Waals surface area contributed by atoms with Gasteiger partial charge in [0.25, 0.3) is 0 Å². The molecule has 13 heavy (non-hydrogen) atoms. The van der Waals surface area contributed by atoms with Gasteiger partial charge in [-0.05, 0) is 30.5 Å². The van der Waals surface area contributed by atoms with Crippen molar-refractivity contribution in [3.05, 3.63) is 35.4 Å². The van der Waals surface area contributed by atoms with Gasteiger partial charge in [-0.15, -0.1) is 0 Å². The van der Waals surface area contributed by atoms with Gasteiger partial charge in [-0.25, -0.2) is 8.78 Å². The Morgan fingerprint density at radius 3 is 2.23 bits per heavy atom. The van der Waals surface area contributed by atoms with Crippen LogP contribution in [0.4, 0.5) is 8.78 Å². The van der Waals surface area contributed by atoms with E-state index in [-0.39, 0.29) is 0 Å². The van der Waals surface area contributed by atoms with E-state index >= 15 is 0 Å². The molecule has 0 saturated heterocycles. The summed E-state index contributed by atoms with van der Waals surface area (Å²) in [5.74, 6) is -1.20. The Balaban J connectivity index is 2.77.